The van der Waals surface area contributed by atoms with Gasteiger partial charge in [0.15, 0.2) is 0 Å². The van der Waals surface area contributed by atoms with Crippen LogP contribution in [0.2, 0.25) is 5.15 Å². The summed E-state index contributed by atoms with van der Waals surface area (Å²) in [7, 11) is 0. The van der Waals surface area contributed by atoms with Gasteiger partial charge in [-0.3, -0.25) is 0 Å². The fourth-order valence-electron chi connectivity index (χ4n) is 0.916. The average Bonchev–Trinajstić information content (AvgIpc) is 2.16. The number of aromatic nitrogens is 2. The maximum absolute atomic E-state index is 12.3. The molecule has 0 aromatic carbocycles. The normalized spacial score (nSPS) is 11.6. The zero-order valence-corrected chi connectivity index (χ0v) is 8.81. The van der Waals surface area contributed by atoms with Crippen LogP contribution in [0.5, 0.6) is 0 Å². The second-order valence-electron chi connectivity index (χ2n) is 2.90. The van der Waals surface area contributed by atoms with E-state index in [0.29, 0.717) is 19.2 Å². The molecule has 16 heavy (non-hydrogen) atoms. The summed E-state index contributed by atoms with van der Waals surface area (Å²) in [5.41, 5.74) is -1.07. The summed E-state index contributed by atoms with van der Waals surface area (Å²) in [4.78, 5) is 6.92. The standard InChI is InChI=1S/C8H9ClF3N3O/c9-6-5(8(10,11)12)4-14-7(15-6)13-2-1-3-16/h4,16H,1-3H2,(H,13,14,15). The summed E-state index contributed by atoms with van der Waals surface area (Å²) < 4.78 is 36.8. The molecule has 90 valence electrons. The van der Waals surface area contributed by atoms with Crippen molar-refractivity contribution in [2.24, 2.45) is 0 Å². The lowest BCUT2D eigenvalue weighted by Gasteiger charge is -2.09. The van der Waals surface area contributed by atoms with Gasteiger partial charge in [-0.1, -0.05) is 11.6 Å². The first-order valence-corrected chi connectivity index (χ1v) is 4.77. The van der Waals surface area contributed by atoms with Crippen LogP contribution in [-0.2, 0) is 6.18 Å². The molecule has 0 atom stereocenters. The van der Waals surface area contributed by atoms with Crippen molar-refractivity contribution in [3.63, 3.8) is 0 Å². The highest BCUT2D eigenvalue weighted by Gasteiger charge is 2.34. The maximum atomic E-state index is 12.3. The number of alkyl halides is 3. The van der Waals surface area contributed by atoms with E-state index >= 15 is 0 Å². The van der Waals surface area contributed by atoms with E-state index in [1.165, 1.54) is 0 Å². The molecule has 0 radical (unpaired) electrons. The van der Waals surface area contributed by atoms with Crippen molar-refractivity contribution in [2.45, 2.75) is 12.6 Å². The molecule has 2 N–H and O–H groups in total. The van der Waals surface area contributed by atoms with E-state index in [9.17, 15) is 13.2 Å². The molecule has 0 amide bonds. The van der Waals surface area contributed by atoms with Crippen molar-refractivity contribution in [1.82, 2.24) is 9.97 Å². The first-order valence-electron chi connectivity index (χ1n) is 4.39. The van der Waals surface area contributed by atoms with E-state index in [2.05, 4.69) is 15.3 Å². The van der Waals surface area contributed by atoms with Crippen molar-refractivity contribution < 1.29 is 18.3 Å². The van der Waals surface area contributed by atoms with Gasteiger partial charge in [0.1, 0.15) is 10.7 Å². The lowest BCUT2D eigenvalue weighted by atomic mass is 10.3. The zero-order valence-electron chi connectivity index (χ0n) is 8.05. The molecule has 0 unspecified atom stereocenters. The molecule has 0 aliphatic carbocycles. The van der Waals surface area contributed by atoms with Crippen LogP contribution >= 0.6 is 11.6 Å². The van der Waals surface area contributed by atoms with Crippen molar-refractivity contribution in [1.29, 1.82) is 0 Å². The Balaban J connectivity index is 2.75. The van der Waals surface area contributed by atoms with Crippen LogP contribution in [0.15, 0.2) is 6.20 Å². The number of halogens is 4. The molecule has 1 heterocycles. The maximum Gasteiger partial charge on any atom is 0.420 e. The molecule has 0 bridgehead atoms. The van der Waals surface area contributed by atoms with Crippen molar-refractivity contribution in [3.8, 4) is 0 Å². The summed E-state index contributed by atoms with van der Waals surface area (Å²) in [5, 5.41) is 10.5. The van der Waals surface area contributed by atoms with Crippen LogP contribution in [0.25, 0.3) is 0 Å². The fraction of sp³-hybridized carbons (Fsp3) is 0.500. The van der Waals surface area contributed by atoms with Crippen LogP contribution < -0.4 is 5.32 Å². The summed E-state index contributed by atoms with van der Waals surface area (Å²) in [5.74, 6) is 0.00597. The minimum atomic E-state index is -4.55. The molecule has 1 rings (SSSR count). The Bertz CT molecular complexity index is 359. The van der Waals surface area contributed by atoms with Gasteiger partial charge in [-0.25, -0.2) is 9.97 Å². The third-order valence-electron chi connectivity index (χ3n) is 1.67. The topological polar surface area (TPSA) is 58.0 Å². The SMILES string of the molecule is OCCCNc1ncc(C(F)(F)F)c(Cl)n1. The van der Waals surface area contributed by atoms with Crippen LogP contribution in [0.3, 0.4) is 0 Å². The van der Waals surface area contributed by atoms with Crippen LogP contribution in [0.4, 0.5) is 19.1 Å². The quantitative estimate of drug-likeness (QED) is 0.638. The van der Waals surface area contributed by atoms with Crippen molar-refractivity contribution >= 4 is 17.5 Å². The van der Waals surface area contributed by atoms with Gasteiger partial charge in [0.2, 0.25) is 5.95 Å². The molecule has 0 saturated carbocycles. The lowest BCUT2D eigenvalue weighted by molar-refractivity contribution is -0.137. The summed E-state index contributed by atoms with van der Waals surface area (Å²) in [6.07, 6.45) is -3.49. The lowest BCUT2D eigenvalue weighted by Crippen LogP contribution is -2.11. The number of nitrogens with one attached hydrogen (secondary N) is 1. The van der Waals surface area contributed by atoms with Gasteiger partial charge in [-0.05, 0) is 6.42 Å². The second kappa shape index (κ2) is 5.31. The van der Waals surface area contributed by atoms with Crippen LogP contribution in [0.1, 0.15) is 12.0 Å². The van der Waals surface area contributed by atoms with Crippen molar-refractivity contribution in [2.75, 3.05) is 18.5 Å². The summed E-state index contributed by atoms with van der Waals surface area (Å²) >= 11 is 5.37. The molecular formula is C8H9ClF3N3O. The predicted octanol–water partition coefficient (Wildman–Crippen LogP) is 1.94. The molecular weight excluding hydrogens is 247 g/mol. The van der Waals surface area contributed by atoms with Crippen LogP contribution in [0, 0.1) is 0 Å². The highest BCUT2D eigenvalue weighted by Crippen LogP contribution is 2.33. The Morgan fingerprint density at radius 1 is 1.44 bits per heavy atom. The molecule has 1 aromatic heterocycles. The second-order valence-corrected chi connectivity index (χ2v) is 3.26. The van der Waals surface area contributed by atoms with Gasteiger partial charge in [-0.15, -0.1) is 0 Å². The molecule has 1 aromatic rings. The first kappa shape index (κ1) is 13.0. The molecule has 0 aliphatic rings. The number of hydrogen-bond acceptors (Lipinski definition) is 4. The zero-order chi connectivity index (χ0) is 12.2. The molecule has 0 spiro atoms. The highest BCUT2D eigenvalue weighted by atomic mass is 35.5. The minimum absolute atomic E-state index is 0.00597. The van der Waals surface area contributed by atoms with Gasteiger partial charge < -0.3 is 10.4 Å². The average molecular weight is 256 g/mol. The number of aliphatic hydroxyl groups excluding tert-OH is 1. The molecule has 8 heteroatoms. The third-order valence-corrected chi connectivity index (χ3v) is 1.95. The van der Waals surface area contributed by atoms with Gasteiger partial charge in [-0.2, -0.15) is 13.2 Å². The van der Waals surface area contributed by atoms with E-state index in [4.69, 9.17) is 16.7 Å². The highest BCUT2D eigenvalue weighted by molar-refractivity contribution is 6.30. The molecule has 4 nitrogen and oxygen atoms in total. The van der Waals surface area contributed by atoms with Gasteiger partial charge in [0.25, 0.3) is 0 Å². The number of hydrogen-bond donors (Lipinski definition) is 2. The van der Waals surface area contributed by atoms with Gasteiger partial charge in [0, 0.05) is 19.3 Å². The number of nitrogens with zero attached hydrogens (tertiary/aromatic N) is 2. The monoisotopic (exact) mass is 255 g/mol. The number of anilines is 1. The van der Waals surface area contributed by atoms with E-state index in [1.54, 1.807) is 0 Å². The van der Waals surface area contributed by atoms with E-state index in [0.717, 1.165) is 0 Å². The minimum Gasteiger partial charge on any atom is -0.396 e. The number of rotatable bonds is 4. The Hall–Kier alpha value is -1.08. The summed E-state index contributed by atoms with van der Waals surface area (Å²) in [6, 6.07) is 0. The largest absolute Gasteiger partial charge is 0.420 e. The van der Waals surface area contributed by atoms with Crippen LogP contribution in [-0.4, -0.2) is 28.2 Å². The molecule has 0 fully saturated rings. The van der Waals surface area contributed by atoms with Gasteiger partial charge >= 0.3 is 6.18 Å². The predicted molar refractivity (Wildman–Crippen MR) is 52.2 cm³/mol. The van der Waals surface area contributed by atoms with E-state index in [1.807, 2.05) is 0 Å². The fourth-order valence-corrected chi connectivity index (χ4v) is 1.15. The Kier molecular flexibility index (Phi) is 4.31. The van der Waals surface area contributed by atoms with E-state index in [-0.39, 0.29) is 12.6 Å². The third kappa shape index (κ3) is 3.49. The summed E-state index contributed by atoms with van der Waals surface area (Å²) in [6.45, 7) is 0.333. The van der Waals surface area contributed by atoms with Gasteiger partial charge in [0.05, 0.1) is 0 Å². The Labute approximate surface area is 94.5 Å². The molecule has 0 saturated heterocycles. The molecule has 0 aliphatic heterocycles. The Morgan fingerprint density at radius 2 is 2.12 bits per heavy atom. The van der Waals surface area contributed by atoms with E-state index < -0.39 is 16.9 Å². The number of aliphatic hydroxyl groups is 1. The first-order chi connectivity index (χ1) is 7.45. The van der Waals surface area contributed by atoms with Crippen molar-refractivity contribution in [3.05, 3.63) is 16.9 Å². The smallest absolute Gasteiger partial charge is 0.396 e. The Morgan fingerprint density at radius 3 is 2.62 bits per heavy atom.